The van der Waals surface area contributed by atoms with Gasteiger partial charge in [0.15, 0.2) is 0 Å². The van der Waals surface area contributed by atoms with Gasteiger partial charge in [-0.25, -0.2) is 33.6 Å². The molecule has 4 fully saturated rings. The molecule has 3 aromatic carbocycles. The number of carbonyl (C=O) groups is 7. The minimum Gasteiger partial charge on any atom is -0.449 e. The molecule has 0 aromatic heterocycles. The largest absolute Gasteiger partial charge is 0.449 e. The quantitative estimate of drug-likeness (QED) is 0.0478. The third-order valence-corrected chi connectivity index (χ3v) is 17.6. The smallest absolute Gasteiger partial charge is 0.410 e. The summed E-state index contributed by atoms with van der Waals surface area (Å²) in [5, 5.41) is 5.58. The van der Waals surface area contributed by atoms with E-state index < -0.39 is 52.2 Å². The van der Waals surface area contributed by atoms with Gasteiger partial charge in [-0.3, -0.25) is 0 Å². The number of ether oxygens (including phenoxy) is 11. The lowest BCUT2D eigenvalue weighted by atomic mass is 9.94. The van der Waals surface area contributed by atoms with Gasteiger partial charge in [-0.1, -0.05) is 91.0 Å². The molecule has 7 rings (SSSR count). The number of hydrogen-bond acceptors (Lipinski definition) is 20. The van der Waals surface area contributed by atoms with E-state index in [2.05, 4.69) is 15.4 Å². The molecular formula is C80H131ClN8O18. The Morgan fingerprint density at radius 3 is 0.850 bits per heavy atom. The van der Waals surface area contributed by atoms with E-state index in [0.29, 0.717) is 63.1 Å². The van der Waals surface area contributed by atoms with Crippen molar-refractivity contribution in [2.45, 2.75) is 227 Å². The van der Waals surface area contributed by atoms with Crippen molar-refractivity contribution in [3.05, 3.63) is 108 Å². The molecule has 3 aromatic rings. The maximum Gasteiger partial charge on any atom is 0.410 e. The van der Waals surface area contributed by atoms with Crippen molar-refractivity contribution in [3.8, 4) is 0 Å². The lowest BCUT2D eigenvalue weighted by Crippen LogP contribution is -2.48. The Labute approximate surface area is 643 Å². The summed E-state index contributed by atoms with van der Waals surface area (Å²) >= 11 is 4.97. The number of benzene rings is 3. The molecule has 8 atom stereocenters. The van der Waals surface area contributed by atoms with Gasteiger partial charge in [-0.15, -0.1) is 0 Å². The van der Waals surface area contributed by atoms with E-state index >= 15 is 0 Å². The molecule has 4 aliphatic heterocycles. The van der Waals surface area contributed by atoms with Crippen LogP contribution in [0.25, 0.3) is 0 Å². The zero-order valence-electron chi connectivity index (χ0n) is 67.0. The van der Waals surface area contributed by atoms with E-state index in [1.165, 1.54) is 0 Å². The van der Waals surface area contributed by atoms with E-state index in [1.54, 1.807) is 47.8 Å². The molecule has 4 aliphatic rings. The fourth-order valence-electron chi connectivity index (χ4n) is 11.7. The van der Waals surface area contributed by atoms with Crippen molar-refractivity contribution in [2.24, 2.45) is 35.1 Å². The topological polar surface area (TPSA) is 310 Å². The monoisotopic (exact) mass is 1530 g/mol. The summed E-state index contributed by atoms with van der Waals surface area (Å²) in [5.74, 6) is 1.68. The highest BCUT2D eigenvalue weighted by atomic mass is 35.5. The van der Waals surface area contributed by atoms with Crippen LogP contribution in [0.5, 0.6) is 0 Å². The standard InChI is InChI=1S/2C22H34N2O5.2C14H28N2O3.C8H7ClO2/c2*1-22(2,3)29-21(26)24(4)19(13-18-11-8-12-27-15-18)14-23-20(25)28-16-17-9-6-5-7-10-17;2*1-14(2,3)19-13(17)16(4)12(9-15)8-11-6-5-7-18-10-11;9-8(10)11-6-7-4-2-1-3-5-7/h2*5-7,9-10,18-19H,8,11-16H2,1-4H3,(H,23,25);2*11-12H,5-10,15H2,1-4H3;1-5H,6H2. The Morgan fingerprint density at radius 1 is 0.402 bits per heavy atom. The first kappa shape index (κ1) is 94.0. The first-order valence-electron chi connectivity index (χ1n) is 37.7. The Hall–Kier alpha value is -7.20. The predicted octanol–water partition coefficient (Wildman–Crippen LogP) is 14.5. The summed E-state index contributed by atoms with van der Waals surface area (Å²) in [6, 6.07) is 28.0. The van der Waals surface area contributed by atoms with Crippen LogP contribution in [0.2, 0.25) is 0 Å². The molecule has 0 aliphatic carbocycles. The van der Waals surface area contributed by atoms with Crippen LogP contribution in [-0.2, 0) is 71.9 Å². The van der Waals surface area contributed by atoms with Crippen molar-refractivity contribution < 1.29 is 85.7 Å². The summed E-state index contributed by atoms with van der Waals surface area (Å²) in [7, 11) is 6.93. The fraction of sp³-hybridized carbons (Fsp3) is 0.688. The van der Waals surface area contributed by atoms with Crippen LogP contribution in [0.15, 0.2) is 91.0 Å². The highest BCUT2D eigenvalue weighted by Gasteiger charge is 2.33. The highest BCUT2D eigenvalue weighted by Crippen LogP contribution is 2.27. The van der Waals surface area contributed by atoms with Gasteiger partial charge >= 0.3 is 42.0 Å². The van der Waals surface area contributed by atoms with Gasteiger partial charge in [0.25, 0.3) is 0 Å². The molecular weight excluding hydrogens is 1400 g/mol. The Bertz CT molecular complexity index is 2790. The normalized spacial score (nSPS) is 18.4. The molecule has 0 radical (unpaired) electrons. The number of carbonyl (C=O) groups excluding carboxylic acids is 7. The van der Waals surface area contributed by atoms with E-state index in [-0.39, 0.29) is 56.2 Å². The lowest BCUT2D eigenvalue weighted by molar-refractivity contribution is 0.0106. The maximum atomic E-state index is 12.5. The van der Waals surface area contributed by atoms with Gasteiger partial charge in [-0.2, -0.15) is 0 Å². The molecule has 107 heavy (non-hydrogen) atoms. The molecule has 4 heterocycles. The van der Waals surface area contributed by atoms with Gasteiger partial charge in [0.1, 0.15) is 42.2 Å². The molecule has 6 N–H and O–H groups in total. The molecule has 0 spiro atoms. The number of nitrogens with one attached hydrogen (secondary N) is 2. The Balaban J connectivity index is 0.000000359. The van der Waals surface area contributed by atoms with E-state index in [9.17, 15) is 33.6 Å². The molecule has 26 nitrogen and oxygen atoms in total. The van der Waals surface area contributed by atoms with Crippen molar-refractivity contribution in [2.75, 3.05) is 107 Å². The third kappa shape index (κ3) is 43.6. The van der Waals surface area contributed by atoms with Gasteiger partial charge in [0.05, 0.1) is 12.1 Å². The molecule has 0 bridgehead atoms. The SMILES string of the molecule is CN(C(=O)OC(C)(C)C)C(CN)CC1CCCOC1.CN(C(=O)OC(C)(C)C)C(CN)CC1CCCOC1.CN(C(=O)OC(C)(C)C)C(CNC(=O)OCc1ccccc1)CC1CCCOC1.CN(C(=O)OC(C)(C)C)C(CNC(=O)OCc1ccccc1)CC1CCCOC1.O=C(Cl)OCc1ccccc1. The summed E-state index contributed by atoms with van der Waals surface area (Å²) < 4.78 is 58.9. The molecule has 8 unspecified atom stereocenters. The second kappa shape index (κ2) is 49.8. The number of alkyl carbamates (subject to hydrolysis) is 2. The van der Waals surface area contributed by atoms with Crippen molar-refractivity contribution in [1.29, 1.82) is 0 Å². The average Bonchev–Trinajstić information content (AvgIpc) is 0.879. The van der Waals surface area contributed by atoms with Crippen LogP contribution in [0, 0.1) is 23.7 Å². The Morgan fingerprint density at radius 2 is 0.636 bits per heavy atom. The lowest BCUT2D eigenvalue weighted by Gasteiger charge is -2.34. The number of likely N-dealkylation sites (N-methyl/N-ethyl adjacent to an activating group) is 4. The molecule has 4 saturated heterocycles. The van der Waals surface area contributed by atoms with Gasteiger partial charge in [0, 0.05) is 131 Å². The summed E-state index contributed by atoms with van der Waals surface area (Å²) in [5.41, 5.74) is 11.5. The van der Waals surface area contributed by atoms with E-state index in [0.717, 1.165) is 133 Å². The molecule has 27 heteroatoms. The minimum atomic E-state index is -0.770. The van der Waals surface area contributed by atoms with Gasteiger partial charge in [0.2, 0.25) is 0 Å². The summed E-state index contributed by atoms with van der Waals surface area (Å²) in [6.45, 7) is 30.5. The first-order valence-corrected chi connectivity index (χ1v) is 38.1. The zero-order chi connectivity index (χ0) is 79.6. The number of nitrogens with two attached hydrogens (primary N) is 2. The maximum absolute atomic E-state index is 12.5. The first-order chi connectivity index (χ1) is 50.4. The van der Waals surface area contributed by atoms with Crippen molar-refractivity contribution in [3.63, 3.8) is 0 Å². The molecule has 0 saturated carbocycles. The highest BCUT2D eigenvalue weighted by molar-refractivity contribution is 6.61. The summed E-state index contributed by atoms with van der Waals surface area (Å²) in [6.07, 6.45) is 9.42. The van der Waals surface area contributed by atoms with Crippen LogP contribution < -0.4 is 22.1 Å². The summed E-state index contributed by atoms with van der Waals surface area (Å²) in [4.78, 5) is 89.9. The third-order valence-electron chi connectivity index (χ3n) is 17.5. The molecule has 606 valence electrons. The zero-order valence-corrected chi connectivity index (χ0v) is 67.8. The van der Waals surface area contributed by atoms with Crippen LogP contribution in [0.4, 0.5) is 33.6 Å². The van der Waals surface area contributed by atoms with E-state index in [1.807, 2.05) is 174 Å². The van der Waals surface area contributed by atoms with Gasteiger partial charge in [-0.05, 0) is 200 Å². The van der Waals surface area contributed by atoms with Crippen molar-refractivity contribution in [1.82, 2.24) is 30.2 Å². The number of nitrogens with zero attached hydrogens (tertiary/aromatic N) is 4. The van der Waals surface area contributed by atoms with Crippen LogP contribution >= 0.6 is 11.6 Å². The van der Waals surface area contributed by atoms with Crippen molar-refractivity contribution >= 4 is 53.6 Å². The Kier molecular flexibility index (Phi) is 43.7. The van der Waals surface area contributed by atoms with Crippen LogP contribution in [0.1, 0.15) is 177 Å². The average molecular weight is 1530 g/mol. The second-order valence-electron chi connectivity index (χ2n) is 31.6. The van der Waals surface area contributed by atoms with Gasteiger partial charge < -0.3 is 93.8 Å². The van der Waals surface area contributed by atoms with E-state index in [4.69, 9.17) is 70.4 Å². The van der Waals surface area contributed by atoms with Crippen LogP contribution in [0.3, 0.4) is 0 Å². The fourth-order valence-corrected chi connectivity index (χ4v) is 11.7. The number of hydrogen-bond donors (Lipinski definition) is 4. The predicted molar refractivity (Wildman–Crippen MR) is 414 cm³/mol. The second-order valence-corrected chi connectivity index (χ2v) is 31.9. The minimum absolute atomic E-state index is 0.0153. The molecule has 6 amide bonds. The number of halogens is 1. The van der Waals surface area contributed by atoms with Crippen LogP contribution in [-0.4, -0.2) is 215 Å². The number of amides is 6. The number of rotatable bonds is 24.